The molecule has 1 aliphatic rings. The first kappa shape index (κ1) is 18.2. The molecule has 2 unspecified atom stereocenters. The van der Waals surface area contributed by atoms with Crippen molar-refractivity contribution in [2.75, 3.05) is 13.2 Å². The number of carbonyl (C=O) groups is 2. The average molecular weight is 332 g/mol. The average Bonchev–Trinajstić information content (AvgIpc) is 3.35. The molecule has 0 N–H and O–H groups in total. The van der Waals surface area contributed by atoms with E-state index in [1.165, 1.54) is 0 Å². The molecule has 2 atom stereocenters. The second kappa shape index (κ2) is 8.11. The molecule has 0 saturated carbocycles. The molecule has 1 saturated heterocycles. The Bertz CT molecular complexity index is 575. The van der Waals surface area contributed by atoms with E-state index in [-0.39, 0.29) is 31.8 Å². The van der Waals surface area contributed by atoms with E-state index in [1.54, 1.807) is 26.8 Å². The Kier molecular flexibility index (Phi) is 6.15. The minimum Gasteiger partial charge on any atom is -0.465 e. The van der Waals surface area contributed by atoms with Crippen molar-refractivity contribution in [2.24, 2.45) is 5.41 Å². The van der Waals surface area contributed by atoms with E-state index in [9.17, 15) is 9.59 Å². The zero-order chi connectivity index (χ0) is 17.6. The third kappa shape index (κ3) is 4.23. The quantitative estimate of drug-likeness (QED) is 0.316. The van der Waals surface area contributed by atoms with Gasteiger partial charge < -0.3 is 14.2 Å². The first-order valence-corrected chi connectivity index (χ1v) is 8.24. The van der Waals surface area contributed by atoms with Gasteiger partial charge >= 0.3 is 11.9 Å². The Morgan fingerprint density at radius 1 is 1.12 bits per heavy atom. The zero-order valence-corrected chi connectivity index (χ0v) is 14.4. The first-order valence-electron chi connectivity index (χ1n) is 8.24. The summed E-state index contributed by atoms with van der Waals surface area (Å²) in [7, 11) is 0. The maximum atomic E-state index is 12.2. The lowest BCUT2D eigenvalue weighted by Crippen LogP contribution is -2.39. The molecule has 5 nitrogen and oxygen atoms in total. The molecule has 1 heterocycles. The van der Waals surface area contributed by atoms with Crippen LogP contribution in [0.3, 0.4) is 0 Å². The van der Waals surface area contributed by atoms with Crippen molar-refractivity contribution in [3.05, 3.63) is 48.0 Å². The van der Waals surface area contributed by atoms with Crippen molar-refractivity contribution in [3.8, 4) is 0 Å². The van der Waals surface area contributed by atoms with E-state index in [0.29, 0.717) is 0 Å². The maximum Gasteiger partial charge on any atom is 0.323 e. The molecule has 0 spiro atoms. The van der Waals surface area contributed by atoms with E-state index >= 15 is 0 Å². The van der Waals surface area contributed by atoms with E-state index < -0.39 is 17.4 Å². The fourth-order valence-corrected chi connectivity index (χ4v) is 2.45. The van der Waals surface area contributed by atoms with Gasteiger partial charge in [0.2, 0.25) is 0 Å². The third-order valence-electron chi connectivity index (χ3n) is 3.96. The lowest BCUT2D eigenvalue weighted by Gasteiger charge is -2.23. The maximum absolute atomic E-state index is 12.2. The Labute approximate surface area is 142 Å². The molecule has 5 heteroatoms. The number of benzene rings is 1. The van der Waals surface area contributed by atoms with E-state index in [0.717, 1.165) is 5.56 Å². The molecule has 24 heavy (non-hydrogen) atoms. The van der Waals surface area contributed by atoms with Crippen LogP contribution in [0.1, 0.15) is 38.9 Å². The Balaban J connectivity index is 1.98. The van der Waals surface area contributed by atoms with Gasteiger partial charge in [-0.15, -0.1) is 0 Å². The van der Waals surface area contributed by atoms with Crippen LogP contribution in [0.4, 0.5) is 0 Å². The van der Waals surface area contributed by atoms with Gasteiger partial charge in [-0.05, 0) is 32.8 Å². The molecule has 1 aromatic carbocycles. The van der Waals surface area contributed by atoms with Gasteiger partial charge in [-0.25, -0.2) is 0 Å². The summed E-state index contributed by atoms with van der Waals surface area (Å²) in [5.41, 5.74) is -0.217. The summed E-state index contributed by atoms with van der Waals surface area (Å²) in [4.78, 5) is 24.3. The number of hydrogen-bond donors (Lipinski definition) is 0. The van der Waals surface area contributed by atoms with Crippen LogP contribution < -0.4 is 0 Å². The monoisotopic (exact) mass is 332 g/mol. The zero-order valence-electron chi connectivity index (χ0n) is 14.4. The van der Waals surface area contributed by atoms with E-state index in [2.05, 4.69) is 0 Å². The third-order valence-corrected chi connectivity index (χ3v) is 3.96. The standard InChI is InChI=1S/C19H24O5/c1-4-22-17(20)19(3,18(21)23-5-2)13-9-12-15-16(24-15)14-10-7-6-8-11-14/h6-12,15-16H,4-5,13H2,1-3H3/b12-9+. The highest BCUT2D eigenvalue weighted by Crippen LogP contribution is 2.39. The lowest BCUT2D eigenvalue weighted by molar-refractivity contribution is -0.170. The molecule has 130 valence electrons. The number of hydrogen-bond acceptors (Lipinski definition) is 5. The highest BCUT2D eigenvalue weighted by molar-refractivity contribution is 5.99. The van der Waals surface area contributed by atoms with Crippen molar-refractivity contribution in [3.63, 3.8) is 0 Å². The molecule has 0 aliphatic carbocycles. The number of esters is 2. The highest BCUT2D eigenvalue weighted by Gasteiger charge is 2.44. The summed E-state index contributed by atoms with van der Waals surface area (Å²) in [5.74, 6) is -1.13. The number of epoxide rings is 1. The van der Waals surface area contributed by atoms with Gasteiger partial charge in [-0.2, -0.15) is 0 Å². The van der Waals surface area contributed by atoms with Crippen LogP contribution in [0.5, 0.6) is 0 Å². The van der Waals surface area contributed by atoms with Crippen LogP contribution in [-0.4, -0.2) is 31.3 Å². The predicted molar refractivity (Wildman–Crippen MR) is 89.2 cm³/mol. The van der Waals surface area contributed by atoms with Gasteiger partial charge in [-0.3, -0.25) is 9.59 Å². The van der Waals surface area contributed by atoms with Crippen LogP contribution in [0, 0.1) is 5.41 Å². The smallest absolute Gasteiger partial charge is 0.323 e. The molecule has 0 radical (unpaired) electrons. The number of carbonyl (C=O) groups excluding carboxylic acids is 2. The van der Waals surface area contributed by atoms with Gasteiger partial charge in [0, 0.05) is 0 Å². The number of ether oxygens (including phenoxy) is 3. The van der Waals surface area contributed by atoms with Crippen molar-refractivity contribution >= 4 is 11.9 Å². The minimum absolute atomic E-state index is 0.0268. The number of allylic oxidation sites excluding steroid dienone is 1. The lowest BCUT2D eigenvalue weighted by atomic mass is 9.86. The Morgan fingerprint density at radius 3 is 2.25 bits per heavy atom. The topological polar surface area (TPSA) is 65.1 Å². The molecule has 2 rings (SSSR count). The van der Waals surface area contributed by atoms with Crippen molar-refractivity contribution in [2.45, 2.75) is 39.4 Å². The Hall–Kier alpha value is -2.14. The SMILES string of the molecule is CCOC(=O)C(C)(C/C=C/C1OC1c1ccccc1)C(=O)OCC. The highest BCUT2D eigenvalue weighted by atomic mass is 16.6. The number of rotatable bonds is 8. The van der Waals surface area contributed by atoms with Gasteiger partial charge in [0.1, 0.15) is 12.2 Å². The molecule has 0 aromatic heterocycles. The fraction of sp³-hybridized carbons (Fsp3) is 0.474. The van der Waals surface area contributed by atoms with Gasteiger partial charge in [-0.1, -0.05) is 42.5 Å². The summed E-state index contributed by atoms with van der Waals surface area (Å²) in [6.45, 7) is 5.41. The van der Waals surface area contributed by atoms with Gasteiger partial charge in [0.05, 0.1) is 13.2 Å². The van der Waals surface area contributed by atoms with Gasteiger partial charge in [0.15, 0.2) is 5.41 Å². The molecule has 1 aromatic rings. The second-order valence-electron chi connectivity index (χ2n) is 5.84. The first-order chi connectivity index (χ1) is 11.5. The van der Waals surface area contributed by atoms with Crippen LogP contribution in [0.2, 0.25) is 0 Å². The van der Waals surface area contributed by atoms with Gasteiger partial charge in [0.25, 0.3) is 0 Å². The van der Waals surface area contributed by atoms with Crippen molar-refractivity contribution < 1.29 is 23.8 Å². The predicted octanol–water partition coefficient (Wildman–Crippen LogP) is 3.21. The second-order valence-corrected chi connectivity index (χ2v) is 5.84. The van der Waals surface area contributed by atoms with Crippen LogP contribution in [0.25, 0.3) is 0 Å². The van der Waals surface area contributed by atoms with E-state index in [1.807, 2.05) is 36.4 Å². The summed E-state index contributed by atoms with van der Waals surface area (Å²) in [5, 5.41) is 0. The van der Waals surface area contributed by atoms with Crippen LogP contribution >= 0.6 is 0 Å². The van der Waals surface area contributed by atoms with E-state index in [4.69, 9.17) is 14.2 Å². The largest absolute Gasteiger partial charge is 0.465 e. The minimum atomic E-state index is -1.33. The molecular formula is C19H24O5. The van der Waals surface area contributed by atoms with Crippen molar-refractivity contribution in [1.82, 2.24) is 0 Å². The summed E-state index contributed by atoms with van der Waals surface area (Å²) in [6.07, 6.45) is 3.90. The fourth-order valence-electron chi connectivity index (χ4n) is 2.45. The molecule has 1 fully saturated rings. The molecule has 0 amide bonds. The summed E-state index contributed by atoms with van der Waals surface area (Å²) in [6, 6.07) is 9.92. The molecule has 1 aliphatic heterocycles. The van der Waals surface area contributed by atoms with Crippen LogP contribution in [0.15, 0.2) is 42.5 Å². The summed E-state index contributed by atoms with van der Waals surface area (Å²) >= 11 is 0. The molecular weight excluding hydrogens is 308 g/mol. The molecule has 0 bridgehead atoms. The van der Waals surface area contributed by atoms with Crippen LogP contribution in [-0.2, 0) is 23.8 Å². The Morgan fingerprint density at radius 2 is 1.71 bits per heavy atom. The van der Waals surface area contributed by atoms with Crippen molar-refractivity contribution in [1.29, 1.82) is 0 Å². The normalized spacial score (nSPS) is 20.0. The summed E-state index contributed by atoms with van der Waals surface area (Å²) < 4.78 is 15.7.